The average molecular weight is 498 g/mol. The highest BCUT2D eigenvalue weighted by molar-refractivity contribution is 7.89. The Morgan fingerprint density at radius 1 is 1.24 bits per heavy atom. The lowest BCUT2D eigenvalue weighted by Crippen LogP contribution is -2.39. The minimum Gasteiger partial charge on any atom is -0.312 e. The predicted molar refractivity (Wildman–Crippen MR) is 138 cm³/mol. The fourth-order valence-electron chi connectivity index (χ4n) is 4.27. The Labute approximate surface area is 205 Å². The van der Waals surface area contributed by atoms with E-state index in [0.717, 1.165) is 23.1 Å². The fourth-order valence-corrected chi connectivity index (χ4v) is 6.96. The summed E-state index contributed by atoms with van der Waals surface area (Å²) in [7, 11) is -3.56. The number of nitrogens with zero attached hydrogens (tertiary/aromatic N) is 3. The summed E-state index contributed by atoms with van der Waals surface area (Å²) in [6.07, 6.45) is 3.70. The highest BCUT2D eigenvalue weighted by Crippen LogP contribution is 2.25. The molecular weight excluding hydrogens is 466 g/mol. The van der Waals surface area contributed by atoms with Crippen molar-refractivity contribution in [3.05, 3.63) is 71.0 Å². The van der Waals surface area contributed by atoms with Crippen LogP contribution in [0.5, 0.6) is 0 Å². The lowest BCUT2D eigenvalue weighted by molar-refractivity contribution is 0.0997. The number of sulfonamides is 1. The Balaban J connectivity index is 1.65. The number of carbonyl (C=O) groups excluding carboxylic acids is 1. The molecule has 1 aliphatic heterocycles. The predicted octanol–water partition coefficient (Wildman–Crippen LogP) is 5.17. The zero-order chi connectivity index (χ0) is 24.5. The number of amides is 1. The Morgan fingerprint density at radius 2 is 1.97 bits per heavy atom. The van der Waals surface area contributed by atoms with Gasteiger partial charge in [0.2, 0.25) is 10.0 Å². The molecular formula is C26H31N3O3S2. The smallest absolute Gasteiger partial charge is 0.279 e. The molecule has 34 heavy (non-hydrogen) atoms. The molecule has 0 N–H and O–H groups in total. The number of benzene rings is 2. The molecule has 1 amide bonds. The van der Waals surface area contributed by atoms with Crippen LogP contribution in [0.1, 0.15) is 55.5 Å². The van der Waals surface area contributed by atoms with Crippen LogP contribution in [-0.2, 0) is 16.6 Å². The van der Waals surface area contributed by atoms with Crippen molar-refractivity contribution in [2.45, 2.75) is 51.0 Å². The van der Waals surface area contributed by atoms with Gasteiger partial charge in [0.25, 0.3) is 5.91 Å². The first-order chi connectivity index (χ1) is 16.2. The number of carbonyl (C=O) groups is 1. The zero-order valence-electron chi connectivity index (χ0n) is 19.9. The number of hydrogen-bond acceptors (Lipinski definition) is 4. The lowest BCUT2D eigenvalue weighted by Gasteiger charge is -2.30. The van der Waals surface area contributed by atoms with Gasteiger partial charge in [0.15, 0.2) is 4.80 Å². The standard InChI is InChI=1S/C26H31N3O3S2/c1-5-14-29-23-13-10-21(18(2)3)16-24(23)33-26(29)27-25(30)20-8-11-22(12-9-20)34(31,32)28-15-6-7-19(4)17-28/h5,8-13,16,18-19H,1,6-7,14-15,17H2,2-4H3. The van der Waals surface area contributed by atoms with E-state index in [2.05, 4.69) is 50.5 Å². The van der Waals surface area contributed by atoms with Crippen LogP contribution in [0.15, 0.2) is 65.0 Å². The van der Waals surface area contributed by atoms with Gasteiger partial charge in [0.1, 0.15) is 0 Å². The fraction of sp³-hybridized carbons (Fsp3) is 0.385. The lowest BCUT2D eigenvalue weighted by atomic mass is 10.0. The number of hydrogen-bond donors (Lipinski definition) is 0. The summed E-state index contributed by atoms with van der Waals surface area (Å²) in [6, 6.07) is 12.4. The van der Waals surface area contributed by atoms with Crippen LogP contribution in [-0.4, -0.2) is 36.3 Å². The molecule has 0 bridgehead atoms. The number of aromatic nitrogens is 1. The topological polar surface area (TPSA) is 71.7 Å². The van der Waals surface area contributed by atoms with Crippen LogP contribution in [0.3, 0.4) is 0 Å². The maximum Gasteiger partial charge on any atom is 0.279 e. The first kappa shape index (κ1) is 24.6. The molecule has 6 nitrogen and oxygen atoms in total. The first-order valence-corrected chi connectivity index (χ1v) is 13.9. The van der Waals surface area contributed by atoms with Gasteiger partial charge in [-0.1, -0.05) is 44.3 Å². The van der Waals surface area contributed by atoms with E-state index in [4.69, 9.17) is 0 Å². The van der Waals surface area contributed by atoms with E-state index in [0.29, 0.717) is 41.8 Å². The van der Waals surface area contributed by atoms with Crippen LogP contribution in [0.2, 0.25) is 0 Å². The molecule has 3 aromatic rings. The molecule has 1 saturated heterocycles. The van der Waals surface area contributed by atoms with Gasteiger partial charge < -0.3 is 4.57 Å². The SMILES string of the molecule is C=CCn1c(=NC(=O)c2ccc(S(=O)(=O)N3CCCC(C)C3)cc2)sc2cc(C(C)C)ccc21. The summed E-state index contributed by atoms with van der Waals surface area (Å²) >= 11 is 1.47. The number of piperidine rings is 1. The molecule has 8 heteroatoms. The average Bonchev–Trinajstić information content (AvgIpc) is 3.15. The molecule has 2 heterocycles. The summed E-state index contributed by atoms with van der Waals surface area (Å²) < 4.78 is 30.6. The second kappa shape index (κ2) is 9.98. The van der Waals surface area contributed by atoms with Crippen molar-refractivity contribution in [2.24, 2.45) is 10.9 Å². The van der Waals surface area contributed by atoms with Gasteiger partial charge in [0.05, 0.1) is 15.1 Å². The van der Waals surface area contributed by atoms with Gasteiger partial charge in [-0.15, -0.1) is 6.58 Å². The third kappa shape index (κ3) is 4.94. The van der Waals surface area contributed by atoms with Crippen molar-refractivity contribution in [2.75, 3.05) is 13.1 Å². The summed E-state index contributed by atoms with van der Waals surface area (Å²) in [4.78, 5) is 18.2. The second-order valence-electron chi connectivity index (χ2n) is 9.22. The maximum absolute atomic E-state index is 13.0. The summed E-state index contributed by atoms with van der Waals surface area (Å²) in [6.45, 7) is 11.8. The molecule has 0 radical (unpaired) electrons. The van der Waals surface area contributed by atoms with E-state index in [1.54, 1.807) is 22.5 Å². The van der Waals surface area contributed by atoms with Crippen molar-refractivity contribution in [3.63, 3.8) is 0 Å². The molecule has 180 valence electrons. The summed E-state index contributed by atoms with van der Waals surface area (Å²) in [5.41, 5.74) is 2.60. The Bertz CT molecular complexity index is 1380. The molecule has 0 saturated carbocycles. The van der Waals surface area contributed by atoms with Crippen LogP contribution >= 0.6 is 11.3 Å². The van der Waals surface area contributed by atoms with E-state index in [-0.39, 0.29) is 4.90 Å². The summed E-state index contributed by atoms with van der Waals surface area (Å²) in [5.74, 6) is 0.358. The highest BCUT2D eigenvalue weighted by Gasteiger charge is 2.28. The third-order valence-corrected chi connectivity index (χ3v) is 9.16. The highest BCUT2D eigenvalue weighted by atomic mass is 32.2. The van der Waals surface area contributed by atoms with Gasteiger partial charge in [-0.3, -0.25) is 4.79 Å². The Hall–Kier alpha value is -2.55. The monoisotopic (exact) mass is 497 g/mol. The minimum absolute atomic E-state index is 0.211. The molecule has 1 atom stereocenters. The van der Waals surface area contributed by atoms with E-state index >= 15 is 0 Å². The first-order valence-electron chi connectivity index (χ1n) is 11.6. The van der Waals surface area contributed by atoms with Crippen LogP contribution in [0.25, 0.3) is 10.2 Å². The molecule has 1 fully saturated rings. The second-order valence-corrected chi connectivity index (χ2v) is 12.2. The van der Waals surface area contributed by atoms with E-state index in [9.17, 15) is 13.2 Å². The van der Waals surface area contributed by atoms with Crippen molar-refractivity contribution < 1.29 is 13.2 Å². The quantitative estimate of drug-likeness (QED) is 0.441. The van der Waals surface area contributed by atoms with Crippen LogP contribution in [0.4, 0.5) is 0 Å². The van der Waals surface area contributed by atoms with Crippen molar-refractivity contribution in [1.82, 2.24) is 8.87 Å². The number of rotatable bonds is 6. The maximum atomic E-state index is 13.0. The van der Waals surface area contributed by atoms with Gasteiger partial charge >= 0.3 is 0 Å². The Kier molecular flexibility index (Phi) is 7.21. The molecule has 1 unspecified atom stereocenters. The number of thiazole rings is 1. The molecule has 2 aromatic carbocycles. The largest absolute Gasteiger partial charge is 0.312 e. The molecule has 4 rings (SSSR count). The van der Waals surface area contributed by atoms with Crippen molar-refractivity contribution in [3.8, 4) is 0 Å². The third-order valence-electron chi connectivity index (χ3n) is 6.24. The minimum atomic E-state index is -3.56. The number of allylic oxidation sites excluding steroid dienone is 1. The summed E-state index contributed by atoms with van der Waals surface area (Å²) in [5, 5.41) is 0. The Morgan fingerprint density at radius 3 is 2.62 bits per heavy atom. The van der Waals surface area contributed by atoms with E-state index < -0.39 is 15.9 Å². The van der Waals surface area contributed by atoms with E-state index in [1.165, 1.54) is 29.0 Å². The molecule has 1 aromatic heterocycles. The van der Waals surface area contributed by atoms with Crippen LogP contribution in [0, 0.1) is 5.92 Å². The zero-order valence-corrected chi connectivity index (χ0v) is 21.5. The van der Waals surface area contributed by atoms with Crippen molar-refractivity contribution in [1.29, 1.82) is 0 Å². The van der Waals surface area contributed by atoms with E-state index in [1.807, 2.05) is 4.57 Å². The van der Waals surface area contributed by atoms with Crippen LogP contribution < -0.4 is 4.80 Å². The van der Waals surface area contributed by atoms with Gasteiger partial charge in [0, 0.05) is 25.2 Å². The molecule has 0 aliphatic carbocycles. The normalized spacial score (nSPS) is 18.0. The molecule has 1 aliphatic rings. The molecule has 0 spiro atoms. The number of fused-ring (bicyclic) bond motifs is 1. The van der Waals surface area contributed by atoms with Crippen molar-refractivity contribution >= 4 is 37.5 Å². The van der Waals surface area contributed by atoms with Gasteiger partial charge in [-0.25, -0.2) is 8.42 Å². The van der Waals surface area contributed by atoms with Gasteiger partial charge in [-0.2, -0.15) is 9.30 Å². The van der Waals surface area contributed by atoms with Gasteiger partial charge in [-0.05, 0) is 66.6 Å².